The summed E-state index contributed by atoms with van der Waals surface area (Å²) >= 11 is 0. The molecule has 3 N–H and O–H groups in total. The Morgan fingerprint density at radius 3 is 2.83 bits per heavy atom. The van der Waals surface area contributed by atoms with E-state index < -0.39 is 12.4 Å². The van der Waals surface area contributed by atoms with Crippen molar-refractivity contribution < 1.29 is 7.54 Å². The van der Waals surface area contributed by atoms with Crippen LogP contribution < -0.4 is 11.1 Å². The van der Waals surface area contributed by atoms with Crippen LogP contribution in [-0.2, 0) is 0 Å². The van der Waals surface area contributed by atoms with Gasteiger partial charge in [-0.3, -0.25) is 4.79 Å². The highest BCUT2D eigenvalue weighted by atomic mass is 16.1. The van der Waals surface area contributed by atoms with Gasteiger partial charge in [0.1, 0.15) is 5.52 Å². The molecule has 2 aromatic carbocycles. The van der Waals surface area contributed by atoms with Crippen LogP contribution in [0.1, 0.15) is 37.4 Å². The summed E-state index contributed by atoms with van der Waals surface area (Å²) in [5, 5.41) is 8.34. The molecule has 1 aromatic heterocycles. The van der Waals surface area contributed by atoms with Gasteiger partial charge in [-0.2, -0.15) is 5.10 Å². The molecule has 24 heavy (non-hydrogen) atoms. The van der Waals surface area contributed by atoms with Crippen molar-refractivity contribution >= 4 is 16.8 Å². The zero-order valence-electron chi connectivity index (χ0n) is 15.2. The summed E-state index contributed by atoms with van der Waals surface area (Å²) in [5.74, 6) is -0.174. The van der Waals surface area contributed by atoms with Crippen molar-refractivity contribution in [1.29, 1.82) is 0 Å². The van der Waals surface area contributed by atoms with E-state index in [1.54, 1.807) is 16.8 Å². The standard InChI is InChI=1S/C19H20N4O/c20-19(24)17-5-1-3-15-12-23(22-18(15)17)16-8-6-13(7-9-16)14-4-2-10-21-11-14/h1,3,5-9,12,14,21H,2,4,10-11H2,(H2,20,24)/t14-/m0/s1/i10D2. The Morgan fingerprint density at radius 1 is 1.29 bits per heavy atom. The number of carbonyl (C=O) groups excluding carboxylic acids is 1. The van der Waals surface area contributed by atoms with E-state index in [0.29, 0.717) is 30.0 Å². The van der Waals surface area contributed by atoms with E-state index in [1.807, 2.05) is 24.4 Å². The Kier molecular flexibility index (Phi) is 3.23. The van der Waals surface area contributed by atoms with Gasteiger partial charge in [0.05, 0.1) is 11.3 Å². The monoisotopic (exact) mass is 322 g/mol. The number of fused-ring (bicyclic) bond motifs is 1. The maximum atomic E-state index is 11.6. The molecule has 1 fully saturated rings. The third-order valence-corrected chi connectivity index (χ3v) is 4.52. The fraction of sp³-hybridized carbons (Fsp3) is 0.263. The van der Waals surface area contributed by atoms with Crippen LogP contribution in [0, 0.1) is 0 Å². The molecule has 0 aliphatic carbocycles. The number of nitrogens with one attached hydrogen (secondary N) is 1. The van der Waals surface area contributed by atoms with Gasteiger partial charge in [-0.1, -0.05) is 24.3 Å². The van der Waals surface area contributed by atoms with E-state index >= 15 is 0 Å². The normalized spacial score (nSPS) is 21.2. The van der Waals surface area contributed by atoms with E-state index in [1.165, 1.54) is 5.56 Å². The molecule has 0 spiro atoms. The summed E-state index contributed by atoms with van der Waals surface area (Å²) in [5.41, 5.74) is 8.53. The summed E-state index contributed by atoms with van der Waals surface area (Å²) in [4.78, 5) is 11.6. The first-order valence-corrected chi connectivity index (χ1v) is 8.06. The van der Waals surface area contributed by atoms with Crippen molar-refractivity contribution in [2.24, 2.45) is 5.73 Å². The number of carbonyl (C=O) groups is 1. The van der Waals surface area contributed by atoms with Gasteiger partial charge in [0.25, 0.3) is 5.91 Å². The molecule has 1 atom stereocenters. The molecule has 4 rings (SSSR count). The second kappa shape index (κ2) is 6.09. The van der Waals surface area contributed by atoms with Gasteiger partial charge in [0, 0.05) is 20.9 Å². The van der Waals surface area contributed by atoms with E-state index in [0.717, 1.165) is 17.5 Å². The maximum absolute atomic E-state index is 11.6. The number of hydrogen-bond donors (Lipinski definition) is 2. The first-order chi connectivity index (χ1) is 12.4. The van der Waals surface area contributed by atoms with Gasteiger partial charge in [-0.05, 0) is 49.0 Å². The summed E-state index contributed by atoms with van der Waals surface area (Å²) in [7, 11) is 0. The Hall–Kier alpha value is -2.66. The molecule has 122 valence electrons. The fourth-order valence-electron chi connectivity index (χ4n) is 3.19. The van der Waals surface area contributed by atoms with Crippen LogP contribution in [-0.4, -0.2) is 28.7 Å². The molecule has 0 saturated carbocycles. The predicted octanol–water partition coefficient (Wildman–Crippen LogP) is 2.59. The summed E-state index contributed by atoms with van der Waals surface area (Å²) in [6.45, 7) is -0.621. The second-order valence-electron chi connectivity index (χ2n) is 6.07. The van der Waals surface area contributed by atoms with Gasteiger partial charge in [-0.15, -0.1) is 0 Å². The molecule has 1 saturated heterocycles. The van der Waals surface area contributed by atoms with Crippen molar-refractivity contribution in [2.75, 3.05) is 13.0 Å². The Bertz CT molecular complexity index is 955. The zero-order chi connectivity index (χ0) is 18.3. The molecular formula is C19H20N4O. The van der Waals surface area contributed by atoms with Crippen LogP contribution in [0.2, 0.25) is 0 Å². The quantitative estimate of drug-likeness (QED) is 0.778. The molecule has 5 nitrogen and oxygen atoms in total. The fourth-order valence-corrected chi connectivity index (χ4v) is 3.19. The summed E-state index contributed by atoms with van der Waals surface area (Å²) < 4.78 is 17.2. The molecule has 0 unspecified atom stereocenters. The smallest absolute Gasteiger partial charge is 0.250 e. The first kappa shape index (κ1) is 12.7. The third-order valence-electron chi connectivity index (χ3n) is 4.52. The number of nitrogens with zero attached hydrogens (tertiary/aromatic N) is 2. The number of piperidine rings is 1. The molecule has 3 aromatic rings. The number of nitrogens with two attached hydrogens (primary N) is 1. The van der Waals surface area contributed by atoms with Gasteiger partial charge in [0.15, 0.2) is 0 Å². The molecule has 1 aliphatic rings. The third kappa shape index (κ3) is 2.67. The molecule has 0 bridgehead atoms. The number of hydrogen-bond acceptors (Lipinski definition) is 3. The lowest BCUT2D eigenvalue weighted by Gasteiger charge is -2.23. The molecule has 5 heteroatoms. The average molecular weight is 322 g/mol. The molecule has 2 heterocycles. The Labute approximate surface area is 143 Å². The van der Waals surface area contributed by atoms with E-state index in [-0.39, 0.29) is 0 Å². The minimum absolute atomic E-state index is 0.311. The SMILES string of the molecule is [2H]C1([2H])CC[C@H](c2ccc(-n3cc4cccc(C(N)=O)c4n3)cc2)CN1. The lowest BCUT2D eigenvalue weighted by atomic mass is 9.92. The number of primary amides is 1. The van der Waals surface area contributed by atoms with Crippen molar-refractivity contribution in [3.63, 3.8) is 0 Å². The van der Waals surface area contributed by atoms with Crippen LogP contribution in [0.4, 0.5) is 0 Å². The molecular weight excluding hydrogens is 300 g/mol. The van der Waals surface area contributed by atoms with Gasteiger partial charge >= 0.3 is 0 Å². The minimum atomic E-state index is -1.26. The number of amides is 1. The van der Waals surface area contributed by atoms with Gasteiger partial charge in [-0.25, -0.2) is 4.68 Å². The first-order valence-electron chi connectivity index (χ1n) is 9.06. The predicted molar refractivity (Wildman–Crippen MR) is 94.4 cm³/mol. The highest BCUT2D eigenvalue weighted by Gasteiger charge is 2.15. The lowest BCUT2D eigenvalue weighted by Crippen LogP contribution is -2.28. The zero-order valence-corrected chi connectivity index (χ0v) is 13.2. The van der Waals surface area contributed by atoms with E-state index in [9.17, 15) is 4.79 Å². The van der Waals surface area contributed by atoms with E-state index in [4.69, 9.17) is 8.48 Å². The minimum Gasteiger partial charge on any atom is -0.366 e. The summed E-state index contributed by atoms with van der Waals surface area (Å²) in [6.07, 6.45) is 3.22. The highest BCUT2D eigenvalue weighted by molar-refractivity contribution is 6.04. The van der Waals surface area contributed by atoms with Crippen LogP contribution in [0.25, 0.3) is 16.6 Å². The average Bonchev–Trinajstić information content (AvgIpc) is 3.06. The topological polar surface area (TPSA) is 72.9 Å². The number of aromatic nitrogens is 2. The van der Waals surface area contributed by atoms with E-state index in [2.05, 4.69) is 22.5 Å². The van der Waals surface area contributed by atoms with Crippen LogP contribution in [0.15, 0.2) is 48.7 Å². The molecule has 0 radical (unpaired) electrons. The van der Waals surface area contributed by atoms with Crippen LogP contribution >= 0.6 is 0 Å². The van der Waals surface area contributed by atoms with Crippen LogP contribution in [0.3, 0.4) is 0 Å². The van der Waals surface area contributed by atoms with Crippen molar-refractivity contribution in [1.82, 2.24) is 15.1 Å². The summed E-state index contributed by atoms with van der Waals surface area (Å²) in [6, 6.07) is 13.5. The molecule has 1 amide bonds. The molecule has 1 aliphatic heterocycles. The Balaban J connectivity index is 1.60. The maximum Gasteiger partial charge on any atom is 0.250 e. The van der Waals surface area contributed by atoms with Gasteiger partial charge < -0.3 is 11.1 Å². The van der Waals surface area contributed by atoms with Gasteiger partial charge in [0.2, 0.25) is 0 Å². The second-order valence-corrected chi connectivity index (χ2v) is 6.07. The lowest BCUT2D eigenvalue weighted by molar-refractivity contribution is 0.100. The Morgan fingerprint density at radius 2 is 2.12 bits per heavy atom. The van der Waals surface area contributed by atoms with Crippen LogP contribution in [0.5, 0.6) is 0 Å². The van der Waals surface area contributed by atoms with Crippen molar-refractivity contribution in [3.05, 3.63) is 59.8 Å². The highest BCUT2D eigenvalue weighted by Crippen LogP contribution is 2.25. The number of rotatable bonds is 3. The largest absolute Gasteiger partial charge is 0.366 e. The van der Waals surface area contributed by atoms with Crippen molar-refractivity contribution in [3.8, 4) is 5.69 Å². The number of benzene rings is 2. The van der Waals surface area contributed by atoms with Crippen molar-refractivity contribution in [2.45, 2.75) is 18.8 Å².